The second kappa shape index (κ2) is 7.08. The van der Waals surface area contributed by atoms with Crippen molar-refractivity contribution in [2.45, 2.75) is 26.2 Å². The maximum absolute atomic E-state index is 11.8. The third-order valence-corrected chi connectivity index (χ3v) is 3.45. The first-order chi connectivity index (χ1) is 11.3. The average Bonchev–Trinajstić information content (AvgIpc) is 2.53. The zero-order valence-electron chi connectivity index (χ0n) is 13.9. The van der Waals surface area contributed by atoms with Crippen LogP contribution in [0.2, 0.25) is 0 Å². The molecule has 0 aromatic heterocycles. The van der Waals surface area contributed by atoms with Gasteiger partial charge in [0.2, 0.25) is 0 Å². The Morgan fingerprint density at radius 2 is 1.62 bits per heavy atom. The molecule has 0 radical (unpaired) electrons. The van der Waals surface area contributed by atoms with Gasteiger partial charge in [0.1, 0.15) is 5.75 Å². The highest BCUT2D eigenvalue weighted by molar-refractivity contribution is 5.88. The van der Waals surface area contributed by atoms with E-state index in [0.29, 0.717) is 0 Å². The molecule has 0 unspecified atom stereocenters. The van der Waals surface area contributed by atoms with Crippen LogP contribution in [0.1, 0.15) is 31.9 Å². The van der Waals surface area contributed by atoms with Gasteiger partial charge >= 0.3 is 5.97 Å². The highest BCUT2D eigenvalue weighted by Crippen LogP contribution is 2.22. The summed E-state index contributed by atoms with van der Waals surface area (Å²) in [4.78, 5) is 21.8. The van der Waals surface area contributed by atoms with Crippen molar-refractivity contribution in [3.8, 4) is 5.75 Å². The summed E-state index contributed by atoms with van der Waals surface area (Å²) in [7, 11) is 0. The van der Waals surface area contributed by atoms with Gasteiger partial charge in [-0.25, -0.2) is 4.79 Å². The Balaban J connectivity index is 1.98. The molecule has 0 saturated heterocycles. The molecule has 0 aliphatic rings. The number of non-ortho nitro benzene ring substituents is 1. The van der Waals surface area contributed by atoms with Crippen LogP contribution in [0.4, 0.5) is 5.69 Å². The number of hydrogen-bond donors (Lipinski definition) is 0. The van der Waals surface area contributed by atoms with Crippen LogP contribution in [0.25, 0.3) is 6.08 Å². The van der Waals surface area contributed by atoms with E-state index < -0.39 is 10.9 Å². The largest absolute Gasteiger partial charge is 0.423 e. The second-order valence-corrected chi connectivity index (χ2v) is 6.38. The number of nitrogens with zero attached hydrogens (tertiary/aromatic N) is 1. The first-order valence-corrected chi connectivity index (χ1v) is 7.50. The highest BCUT2D eigenvalue weighted by Gasteiger charge is 2.12. The van der Waals surface area contributed by atoms with Crippen LogP contribution < -0.4 is 4.74 Å². The van der Waals surface area contributed by atoms with E-state index in [0.717, 1.165) is 5.56 Å². The van der Waals surface area contributed by atoms with Crippen molar-refractivity contribution >= 4 is 17.7 Å². The van der Waals surface area contributed by atoms with E-state index in [4.69, 9.17) is 4.74 Å². The van der Waals surface area contributed by atoms with Crippen LogP contribution >= 0.6 is 0 Å². The van der Waals surface area contributed by atoms with Crippen molar-refractivity contribution in [3.05, 3.63) is 75.8 Å². The molecule has 0 spiro atoms. The van der Waals surface area contributed by atoms with E-state index in [2.05, 4.69) is 20.8 Å². The first-order valence-electron chi connectivity index (χ1n) is 7.50. The van der Waals surface area contributed by atoms with Crippen molar-refractivity contribution in [1.82, 2.24) is 0 Å². The lowest BCUT2D eigenvalue weighted by Crippen LogP contribution is -2.10. The minimum absolute atomic E-state index is 0.0516. The zero-order valence-corrected chi connectivity index (χ0v) is 13.9. The molecule has 0 saturated carbocycles. The standard InChI is InChI=1S/C19H19NO4/c1-19(2,3)15-7-4-14(5-8-15)6-13-18(21)24-17-11-9-16(10-12-17)20(22)23/h4-13H,1-3H3/b13-6+. The maximum atomic E-state index is 11.8. The van der Waals surface area contributed by atoms with Crippen molar-refractivity contribution < 1.29 is 14.5 Å². The summed E-state index contributed by atoms with van der Waals surface area (Å²) >= 11 is 0. The molecule has 0 heterocycles. The summed E-state index contributed by atoms with van der Waals surface area (Å²) in [5, 5.41) is 10.6. The molecule has 2 aromatic carbocycles. The van der Waals surface area contributed by atoms with E-state index in [1.54, 1.807) is 6.08 Å². The molecular weight excluding hydrogens is 306 g/mol. The second-order valence-electron chi connectivity index (χ2n) is 6.38. The third kappa shape index (κ3) is 4.78. The summed E-state index contributed by atoms with van der Waals surface area (Å²) in [6.07, 6.45) is 2.99. The first kappa shape index (κ1) is 17.4. The molecule has 24 heavy (non-hydrogen) atoms. The lowest BCUT2D eigenvalue weighted by Gasteiger charge is -2.18. The fourth-order valence-corrected chi connectivity index (χ4v) is 2.04. The van der Waals surface area contributed by atoms with Crippen molar-refractivity contribution in [3.63, 3.8) is 0 Å². The summed E-state index contributed by atoms with van der Waals surface area (Å²) in [5.41, 5.74) is 2.14. The van der Waals surface area contributed by atoms with Gasteiger partial charge in [0.25, 0.3) is 5.69 Å². The summed E-state index contributed by atoms with van der Waals surface area (Å²) < 4.78 is 5.10. The topological polar surface area (TPSA) is 69.4 Å². The number of rotatable bonds is 4. The minimum Gasteiger partial charge on any atom is -0.423 e. The molecule has 2 aromatic rings. The molecule has 0 fully saturated rings. The van der Waals surface area contributed by atoms with Crippen LogP contribution in [-0.2, 0) is 10.2 Å². The predicted octanol–water partition coefficient (Wildman–Crippen LogP) is 4.51. The number of nitro groups is 1. The Morgan fingerprint density at radius 3 is 2.12 bits per heavy atom. The monoisotopic (exact) mass is 325 g/mol. The van der Waals surface area contributed by atoms with E-state index in [1.807, 2.05) is 24.3 Å². The van der Waals surface area contributed by atoms with E-state index in [1.165, 1.54) is 35.9 Å². The third-order valence-electron chi connectivity index (χ3n) is 3.45. The van der Waals surface area contributed by atoms with Gasteiger partial charge in [0, 0.05) is 18.2 Å². The molecule has 0 aliphatic heterocycles. The Labute approximate surface area is 140 Å². The van der Waals surface area contributed by atoms with Crippen LogP contribution in [0.15, 0.2) is 54.6 Å². The average molecular weight is 325 g/mol. The number of benzene rings is 2. The number of esters is 1. The van der Waals surface area contributed by atoms with E-state index >= 15 is 0 Å². The Hall–Kier alpha value is -2.95. The molecule has 5 heteroatoms. The quantitative estimate of drug-likeness (QED) is 0.273. The molecule has 0 amide bonds. The fraction of sp³-hybridized carbons (Fsp3) is 0.211. The van der Waals surface area contributed by atoms with Gasteiger partial charge < -0.3 is 4.74 Å². The van der Waals surface area contributed by atoms with Gasteiger partial charge in [0.05, 0.1) is 4.92 Å². The molecule has 0 N–H and O–H groups in total. The van der Waals surface area contributed by atoms with Crippen LogP contribution in [-0.4, -0.2) is 10.9 Å². The summed E-state index contributed by atoms with van der Waals surface area (Å²) in [6.45, 7) is 6.41. The normalized spacial score (nSPS) is 11.5. The molecule has 0 atom stereocenters. The smallest absolute Gasteiger partial charge is 0.336 e. The van der Waals surface area contributed by atoms with Crippen LogP contribution in [0.3, 0.4) is 0 Å². The van der Waals surface area contributed by atoms with E-state index in [-0.39, 0.29) is 16.9 Å². The number of ether oxygens (including phenoxy) is 1. The molecular formula is C19H19NO4. The van der Waals surface area contributed by atoms with Gasteiger partial charge in [-0.2, -0.15) is 0 Å². The Bertz CT molecular complexity index is 753. The summed E-state index contributed by atoms with van der Waals surface area (Å²) in [6, 6.07) is 13.3. The highest BCUT2D eigenvalue weighted by atomic mass is 16.6. The molecule has 2 rings (SSSR count). The van der Waals surface area contributed by atoms with Gasteiger partial charge in [-0.15, -0.1) is 0 Å². The SMILES string of the molecule is CC(C)(C)c1ccc(/C=C/C(=O)Oc2ccc([N+](=O)[O-])cc2)cc1. The zero-order chi connectivity index (χ0) is 17.7. The molecule has 0 aliphatic carbocycles. The minimum atomic E-state index is -0.538. The Kier molecular flexibility index (Phi) is 5.14. The predicted molar refractivity (Wildman–Crippen MR) is 92.9 cm³/mol. The van der Waals surface area contributed by atoms with E-state index in [9.17, 15) is 14.9 Å². The van der Waals surface area contributed by atoms with Crippen molar-refractivity contribution in [2.24, 2.45) is 0 Å². The van der Waals surface area contributed by atoms with Crippen LogP contribution in [0.5, 0.6) is 5.75 Å². The Morgan fingerprint density at radius 1 is 1.04 bits per heavy atom. The van der Waals surface area contributed by atoms with Gasteiger partial charge in [-0.3, -0.25) is 10.1 Å². The number of nitro benzene ring substituents is 1. The van der Waals surface area contributed by atoms with Crippen molar-refractivity contribution in [1.29, 1.82) is 0 Å². The number of carbonyl (C=O) groups is 1. The van der Waals surface area contributed by atoms with Gasteiger partial charge in [0.15, 0.2) is 0 Å². The van der Waals surface area contributed by atoms with Crippen molar-refractivity contribution in [2.75, 3.05) is 0 Å². The number of carbonyl (C=O) groups excluding carboxylic acids is 1. The van der Waals surface area contributed by atoms with Gasteiger partial charge in [-0.1, -0.05) is 45.0 Å². The molecule has 5 nitrogen and oxygen atoms in total. The summed E-state index contributed by atoms with van der Waals surface area (Å²) in [5.74, 6) is -0.276. The lowest BCUT2D eigenvalue weighted by molar-refractivity contribution is -0.384. The molecule has 0 bridgehead atoms. The lowest BCUT2D eigenvalue weighted by atomic mass is 9.87. The molecule has 124 valence electrons. The van der Waals surface area contributed by atoms with Gasteiger partial charge in [-0.05, 0) is 34.8 Å². The maximum Gasteiger partial charge on any atom is 0.336 e. The number of hydrogen-bond acceptors (Lipinski definition) is 4. The van der Waals surface area contributed by atoms with Crippen LogP contribution in [0, 0.1) is 10.1 Å². The fourth-order valence-electron chi connectivity index (χ4n) is 2.04.